The zero-order chi connectivity index (χ0) is 26.1. The fourth-order valence-electron chi connectivity index (χ4n) is 4.37. The van der Waals surface area contributed by atoms with Gasteiger partial charge in [-0.3, -0.25) is 0 Å². The summed E-state index contributed by atoms with van der Waals surface area (Å²) >= 11 is 0. The number of rotatable bonds is 5. The van der Waals surface area contributed by atoms with Gasteiger partial charge in [0.05, 0.1) is 12.1 Å². The number of hydrogen-bond acceptors (Lipinski definition) is 4. The van der Waals surface area contributed by atoms with E-state index in [-0.39, 0.29) is 23.4 Å². The summed E-state index contributed by atoms with van der Waals surface area (Å²) < 4.78 is 44.7. The number of aldehydes is 1. The van der Waals surface area contributed by atoms with Gasteiger partial charge < -0.3 is 24.5 Å². The zero-order valence-electron chi connectivity index (χ0n) is 20.9. The molecule has 0 radical (unpaired) electrons. The molecule has 0 amide bonds. The van der Waals surface area contributed by atoms with Crippen LogP contribution in [0.1, 0.15) is 32.1 Å². The summed E-state index contributed by atoms with van der Waals surface area (Å²) in [6.45, 7) is 2.85. The highest BCUT2D eigenvalue weighted by Gasteiger charge is 2.32. The molecule has 5 rings (SSSR count). The second-order valence-electron chi connectivity index (χ2n) is 9.88. The molecule has 3 aromatic rings. The number of carbonyl (C=O) groups is 1. The van der Waals surface area contributed by atoms with E-state index in [9.17, 15) is 23.1 Å². The third-order valence-electron chi connectivity index (χ3n) is 6.68. The Morgan fingerprint density at radius 3 is 2.22 bits per heavy atom. The van der Waals surface area contributed by atoms with Crippen LogP contribution < -0.4 is 0 Å². The molecular weight excluding hydrogens is 469 g/mol. The molecule has 1 saturated carbocycles. The van der Waals surface area contributed by atoms with Crippen molar-refractivity contribution in [3.05, 3.63) is 59.9 Å². The number of hydrogen-bond donors (Lipinski definition) is 2. The molecule has 0 atom stereocenters. The van der Waals surface area contributed by atoms with Crippen LogP contribution in [-0.4, -0.2) is 61.7 Å². The number of H-pyrrole nitrogens is 1. The lowest BCUT2D eigenvalue weighted by atomic mass is 9.81. The fraction of sp³-hybridized carbons (Fsp3) is 0.464. The van der Waals surface area contributed by atoms with Crippen LogP contribution in [0.2, 0.25) is 0 Å². The lowest BCUT2D eigenvalue weighted by molar-refractivity contribution is -0.113. The molecule has 2 aliphatic rings. The second-order valence-corrected chi connectivity index (χ2v) is 9.88. The van der Waals surface area contributed by atoms with E-state index < -0.39 is 11.6 Å². The highest BCUT2D eigenvalue weighted by atomic mass is 19.1. The smallest absolute Gasteiger partial charge is 0.150 e. The van der Waals surface area contributed by atoms with Gasteiger partial charge in [-0.2, -0.15) is 0 Å². The summed E-state index contributed by atoms with van der Waals surface area (Å²) in [5, 5.41) is 9.76. The minimum atomic E-state index is -0.640. The van der Waals surface area contributed by atoms with Crippen molar-refractivity contribution >= 4 is 17.2 Å². The van der Waals surface area contributed by atoms with Crippen LogP contribution >= 0.6 is 0 Å². The Labute approximate surface area is 210 Å². The van der Waals surface area contributed by atoms with Gasteiger partial charge in [-0.05, 0) is 81.7 Å². The van der Waals surface area contributed by atoms with Crippen molar-refractivity contribution in [2.24, 2.45) is 11.3 Å². The number of ether oxygens (including phenoxy) is 1. The molecular formula is C28H35F3N2O3. The fourth-order valence-corrected chi connectivity index (χ4v) is 4.37. The number of carbonyl (C=O) groups excluding carboxylic acids is 1. The van der Waals surface area contributed by atoms with Crippen LogP contribution in [0.25, 0.3) is 22.2 Å². The Balaban J connectivity index is 0.000000172. The molecule has 8 heteroatoms. The van der Waals surface area contributed by atoms with Crippen molar-refractivity contribution < 1.29 is 27.8 Å². The highest BCUT2D eigenvalue weighted by molar-refractivity contribution is 5.86. The number of nitrogens with zero attached hydrogens (tertiary/aromatic N) is 1. The van der Waals surface area contributed by atoms with Gasteiger partial charge in [-0.1, -0.05) is 6.42 Å². The molecule has 36 heavy (non-hydrogen) atoms. The molecule has 1 aliphatic carbocycles. The number of fused-ring (bicyclic) bond motifs is 1. The maximum absolute atomic E-state index is 13.5. The van der Waals surface area contributed by atoms with E-state index in [1.807, 2.05) is 14.1 Å². The number of nitrogens with one attached hydrogen (secondary N) is 1. The number of aliphatic hydroxyl groups is 1. The van der Waals surface area contributed by atoms with Crippen molar-refractivity contribution in [1.29, 1.82) is 0 Å². The Bertz CT molecular complexity index is 1110. The molecule has 2 fully saturated rings. The minimum absolute atomic E-state index is 0.0990. The van der Waals surface area contributed by atoms with E-state index in [2.05, 4.69) is 9.88 Å². The van der Waals surface area contributed by atoms with E-state index in [4.69, 9.17) is 4.74 Å². The summed E-state index contributed by atoms with van der Waals surface area (Å²) in [5.41, 5.74) is 1.68. The van der Waals surface area contributed by atoms with E-state index in [0.29, 0.717) is 22.6 Å². The van der Waals surface area contributed by atoms with Crippen LogP contribution in [0.5, 0.6) is 0 Å². The average molecular weight is 505 g/mol. The quantitative estimate of drug-likeness (QED) is 0.446. The van der Waals surface area contributed by atoms with Gasteiger partial charge in [0.1, 0.15) is 23.7 Å². The van der Waals surface area contributed by atoms with Crippen LogP contribution in [0.15, 0.2) is 42.5 Å². The van der Waals surface area contributed by atoms with E-state index >= 15 is 0 Å². The van der Waals surface area contributed by atoms with Gasteiger partial charge in [-0.25, -0.2) is 13.2 Å². The molecule has 0 bridgehead atoms. The Kier molecular flexibility index (Phi) is 10.1. The maximum atomic E-state index is 13.5. The van der Waals surface area contributed by atoms with Gasteiger partial charge in [0.15, 0.2) is 0 Å². The molecule has 1 saturated heterocycles. The first-order chi connectivity index (χ1) is 17.2. The highest BCUT2D eigenvalue weighted by Crippen LogP contribution is 2.30. The van der Waals surface area contributed by atoms with Crippen LogP contribution in [0.4, 0.5) is 13.2 Å². The van der Waals surface area contributed by atoms with E-state index in [1.54, 1.807) is 18.2 Å². The molecule has 0 spiro atoms. The summed E-state index contributed by atoms with van der Waals surface area (Å²) in [7, 11) is 4.10. The van der Waals surface area contributed by atoms with E-state index in [1.165, 1.54) is 24.6 Å². The lowest BCUT2D eigenvalue weighted by Gasteiger charge is -2.37. The number of benzene rings is 2. The van der Waals surface area contributed by atoms with Crippen molar-refractivity contribution in [3.8, 4) is 11.3 Å². The normalized spacial score (nSPS) is 17.0. The van der Waals surface area contributed by atoms with Gasteiger partial charge in [0.2, 0.25) is 0 Å². The Hall–Kier alpha value is -2.68. The minimum Gasteiger partial charge on any atom is -0.396 e. The van der Waals surface area contributed by atoms with Gasteiger partial charge in [0.25, 0.3) is 0 Å². The summed E-state index contributed by atoms with van der Waals surface area (Å²) in [6, 6.07) is 9.50. The first-order valence-electron chi connectivity index (χ1n) is 12.3. The van der Waals surface area contributed by atoms with Crippen LogP contribution in [0.3, 0.4) is 0 Å². The molecule has 2 aromatic carbocycles. The Morgan fingerprint density at radius 2 is 1.72 bits per heavy atom. The number of aromatic nitrogens is 1. The number of aromatic amines is 1. The van der Waals surface area contributed by atoms with Crippen molar-refractivity contribution in [2.45, 2.75) is 32.1 Å². The molecule has 2 heterocycles. The first-order valence-corrected chi connectivity index (χ1v) is 12.3. The SMILES string of the molecule is CN(C)CC1(CO)CCOCC1.Fc1ccc(-c2cc3cc(F)cc(F)c3[nH]2)cc1.O=CC1CCC1. The van der Waals surface area contributed by atoms with Gasteiger partial charge in [0, 0.05) is 48.2 Å². The van der Waals surface area contributed by atoms with Gasteiger partial charge >= 0.3 is 0 Å². The van der Waals surface area contributed by atoms with Crippen LogP contribution in [0, 0.1) is 28.8 Å². The molecule has 2 N–H and O–H groups in total. The molecule has 5 nitrogen and oxygen atoms in total. The standard InChI is InChI=1S/C14H8F3N.C9H19NO2.C5H8O/c15-10-3-1-8(2-4-10)13-6-9-5-11(16)7-12(17)14(9)18-13;1-10(2)7-9(8-11)3-5-12-6-4-9;6-4-5-2-1-3-5/h1-7,18H;11H,3-8H2,1-2H3;4-5H,1-3H2. The summed E-state index contributed by atoms with van der Waals surface area (Å²) in [4.78, 5) is 14.8. The lowest BCUT2D eigenvalue weighted by Crippen LogP contribution is -2.41. The zero-order valence-corrected chi connectivity index (χ0v) is 20.9. The summed E-state index contributed by atoms with van der Waals surface area (Å²) in [5.74, 6) is -1.17. The summed E-state index contributed by atoms with van der Waals surface area (Å²) in [6.07, 6.45) is 6.59. The Morgan fingerprint density at radius 1 is 1.06 bits per heavy atom. The van der Waals surface area contributed by atoms with Crippen molar-refractivity contribution in [1.82, 2.24) is 9.88 Å². The molecule has 1 aromatic heterocycles. The third kappa shape index (κ3) is 7.66. The molecule has 0 unspecified atom stereocenters. The van der Waals surface area contributed by atoms with Crippen LogP contribution in [-0.2, 0) is 9.53 Å². The predicted molar refractivity (Wildman–Crippen MR) is 135 cm³/mol. The third-order valence-corrected chi connectivity index (χ3v) is 6.68. The molecule has 196 valence electrons. The predicted octanol–water partition coefficient (Wildman–Crippen LogP) is 5.57. The molecule has 1 aliphatic heterocycles. The first kappa shape index (κ1) is 27.9. The van der Waals surface area contributed by atoms with Gasteiger partial charge in [-0.15, -0.1) is 0 Å². The topological polar surface area (TPSA) is 65.6 Å². The van der Waals surface area contributed by atoms with Crippen molar-refractivity contribution in [2.75, 3.05) is 40.5 Å². The number of halogens is 3. The average Bonchev–Trinajstić information content (AvgIpc) is 3.24. The van der Waals surface area contributed by atoms with E-state index in [0.717, 1.165) is 57.8 Å². The largest absolute Gasteiger partial charge is 0.396 e. The second kappa shape index (κ2) is 13.0. The van der Waals surface area contributed by atoms with Crippen molar-refractivity contribution in [3.63, 3.8) is 0 Å². The monoisotopic (exact) mass is 504 g/mol. The number of aliphatic hydroxyl groups excluding tert-OH is 1. The maximum Gasteiger partial charge on any atom is 0.150 e.